The van der Waals surface area contributed by atoms with Crippen LogP contribution in [0.1, 0.15) is 30.0 Å². The molecular weight excluding hydrogens is 230 g/mol. The summed E-state index contributed by atoms with van der Waals surface area (Å²) >= 11 is 0. The highest BCUT2D eigenvalue weighted by Gasteiger charge is 2.25. The van der Waals surface area contributed by atoms with Crippen LogP contribution in [0.5, 0.6) is 5.75 Å². The summed E-state index contributed by atoms with van der Waals surface area (Å²) in [4.78, 5) is 0. The number of hydrogen-bond donors (Lipinski definition) is 1. The van der Waals surface area contributed by atoms with Gasteiger partial charge in [0.1, 0.15) is 17.5 Å². The maximum absolute atomic E-state index is 5.60. The molecular formula is C13H19N3O2. The van der Waals surface area contributed by atoms with Crippen molar-refractivity contribution in [3.63, 3.8) is 0 Å². The van der Waals surface area contributed by atoms with E-state index in [1.54, 1.807) is 19.6 Å². The Morgan fingerprint density at radius 3 is 2.89 bits per heavy atom. The number of nitrogens with one attached hydrogen (secondary N) is 1. The summed E-state index contributed by atoms with van der Waals surface area (Å²) in [6.07, 6.45) is 3.43. The minimum absolute atomic E-state index is 0.0487. The molecule has 0 saturated heterocycles. The van der Waals surface area contributed by atoms with Gasteiger partial charge < -0.3 is 14.5 Å². The molecule has 1 N–H and O–H groups in total. The van der Waals surface area contributed by atoms with Crippen molar-refractivity contribution in [1.82, 2.24) is 15.1 Å². The first-order chi connectivity index (χ1) is 8.69. The molecule has 0 bridgehead atoms. The Labute approximate surface area is 107 Å². The van der Waals surface area contributed by atoms with Gasteiger partial charge in [0, 0.05) is 7.05 Å². The minimum atomic E-state index is -0.0487. The molecule has 0 fully saturated rings. The number of methoxy groups -OCH3 is 1. The van der Waals surface area contributed by atoms with Crippen LogP contribution in [0.4, 0.5) is 0 Å². The molecule has 0 aromatic carbocycles. The third-order valence-corrected chi connectivity index (χ3v) is 3.01. The van der Waals surface area contributed by atoms with Gasteiger partial charge in [-0.1, -0.05) is 6.92 Å². The van der Waals surface area contributed by atoms with Crippen LogP contribution in [0.25, 0.3) is 0 Å². The molecule has 2 aromatic rings. The highest BCUT2D eigenvalue weighted by atomic mass is 16.5. The fourth-order valence-corrected chi connectivity index (χ4v) is 2.11. The van der Waals surface area contributed by atoms with E-state index in [0.717, 1.165) is 29.3 Å². The van der Waals surface area contributed by atoms with E-state index in [-0.39, 0.29) is 6.04 Å². The van der Waals surface area contributed by atoms with Crippen molar-refractivity contribution in [2.75, 3.05) is 13.7 Å². The van der Waals surface area contributed by atoms with E-state index in [1.807, 2.05) is 24.7 Å². The van der Waals surface area contributed by atoms with Gasteiger partial charge in [0.15, 0.2) is 5.75 Å². The van der Waals surface area contributed by atoms with Gasteiger partial charge in [0.25, 0.3) is 0 Å². The second-order valence-corrected chi connectivity index (χ2v) is 4.18. The lowest BCUT2D eigenvalue weighted by atomic mass is 10.1. The molecule has 0 saturated carbocycles. The van der Waals surface area contributed by atoms with Crippen LogP contribution in [0, 0.1) is 6.92 Å². The van der Waals surface area contributed by atoms with Gasteiger partial charge in [-0.3, -0.25) is 4.68 Å². The fourth-order valence-electron chi connectivity index (χ4n) is 2.11. The van der Waals surface area contributed by atoms with E-state index in [9.17, 15) is 0 Å². The van der Waals surface area contributed by atoms with Crippen LogP contribution in [-0.2, 0) is 7.05 Å². The molecule has 1 unspecified atom stereocenters. The van der Waals surface area contributed by atoms with Crippen molar-refractivity contribution in [2.45, 2.75) is 19.9 Å². The van der Waals surface area contributed by atoms with Crippen molar-refractivity contribution in [3.8, 4) is 5.75 Å². The Kier molecular flexibility index (Phi) is 3.72. The van der Waals surface area contributed by atoms with Gasteiger partial charge in [-0.05, 0) is 25.1 Å². The smallest absolute Gasteiger partial charge is 0.162 e. The zero-order chi connectivity index (χ0) is 13.1. The summed E-state index contributed by atoms with van der Waals surface area (Å²) in [5.74, 6) is 1.66. The van der Waals surface area contributed by atoms with Crippen molar-refractivity contribution in [1.29, 1.82) is 0 Å². The molecule has 2 rings (SSSR count). The first kappa shape index (κ1) is 12.7. The molecule has 0 radical (unpaired) electrons. The summed E-state index contributed by atoms with van der Waals surface area (Å²) in [5, 5.41) is 7.65. The maximum Gasteiger partial charge on any atom is 0.162 e. The SMILES string of the molecule is CCNC(c1occc1C)c1c(OC)cnn1C. The molecule has 0 aliphatic carbocycles. The molecule has 18 heavy (non-hydrogen) atoms. The largest absolute Gasteiger partial charge is 0.493 e. The Morgan fingerprint density at radius 1 is 1.56 bits per heavy atom. The van der Waals surface area contributed by atoms with Crippen LogP contribution in [0.2, 0.25) is 0 Å². The lowest BCUT2D eigenvalue weighted by molar-refractivity contribution is 0.386. The molecule has 2 heterocycles. The maximum atomic E-state index is 5.60. The van der Waals surface area contributed by atoms with Crippen LogP contribution in [0.15, 0.2) is 22.9 Å². The van der Waals surface area contributed by atoms with Crippen LogP contribution in [-0.4, -0.2) is 23.4 Å². The number of aryl methyl sites for hydroxylation is 2. The van der Waals surface area contributed by atoms with Crippen LogP contribution < -0.4 is 10.1 Å². The topological polar surface area (TPSA) is 52.2 Å². The van der Waals surface area contributed by atoms with Crippen LogP contribution >= 0.6 is 0 Å². The average Bonchev–Trinajstić information content (AvgIpc) is 2.93. The highest BCUT2D eigenvalue weighted by Crippen LogP contribution is 2.31. The van der Waals surface area contributed by atoms with Gasteiger partial charge in [-0.25, -0.2) is 0 Å². The first-order valence-electron chi connectivity index (χ1n) is 6.02. The summed E-state index contributed by atoms with van der Waals surface area (Å²) < 4.78 is 12.8. The second-order valence-electron chi connectivity index (χ2n) is 4.18. The summed E-state index contributed by atoms with van der Waals surface area (Å²) in [5.41, 5.74) is 2.08. The Hall–Kier alpha value is -1.75. The second kappa shape index (κ2) is 5.27. The van der Waals surface area contributed by atoms with Crippen molar-refractivity contribution in [2.24, 2.45) is 7.05 Å². The highest BCUT2D eigenvalue weighted by molar-refractivity contribution is 5.35. The van der Waals surface area contributed by atoms with Gasteiger partial charge in [-0.15, -0.1) is 0 Å². The van der Waals surface area contributed by atoms with Gasteiger partial charge in [0.2, 0.25) is 0 Å². The number of hydrogen-bond acceptors (Lipinski definition) is 4. The first-order valence-corrected chi connectivity index (χ1v) is 6.02. The van der Waals surface area contributed by atoms with Crippen molar-refractivity contribution < 1.29 is 9.15 Å². The third kappa shape index (κ3) is 2.13. The number of ether oxygens (including phenoxy) is 1. The molecule has 0 amide bonds. The third-order valence-electron chi connectivity index (χ3n) is 3.01. The zero-order valence-corrected chi connectivity index (χ0v) is 11.2. The number of furan rings is 1. The summed E-state index contributed by atoms with van der Waals surface area (Å²) in [6.45, 7) is 4.93. The van der Waals surface area contributed by atoms with Crippen molar-refractivity contribution in [3.05, 3.63) is 35.5 Å². The molecule has 98 valence electrons. The van der Waals surface area contributed by atoms with E-state index in [4.69, 9.17) is 9.15 Å². The molecule has 5 nitrogen and oxygen atoms in total. The number of rotatable bonds is 5. The van der Waals surface area contributed by atoms with Gasteiger partial charge in [-0.2, -0.15) is 5.10 Å². The molecule has 2 aromatic heterocycles. The van der Waals surface area contributed by atoms with Crippen molar-refractivity contribution >= 4 is 0 Å². The molecule has 0 spiro atoms. The van der Waals surface area contributed by atoms with Gasteiger partial charge >= 0.3 is 0 Å². The Balaban J connectivity index is 2.47. The molecule has 1 atom stereocenters. The minimum Gasteiger partial charge on any atom is -0.493 e. The predicted octanol–water partition coefficient (Wildman–Crippen LogP) is 2.03. The van der Waals surface area contributed by atoms with Crippen LogP contribution in [0.3, 0.4) is 0 Å². The van der Waals surface area contributed by atoms with Gasteiger partial charge in [0.05, 0.1) is 19.6 Å². The molecule has 5 heteroatoms. The van der Waals surface area contributed by atoms with E-state index in [1.165, 1.54) is 0 Å². The van der Waals surface area contributed by atoms with E-state index in [0.29, 0.717) is 0 Å². The normalized spacial score (nSPS) is 12.7. The monoisotopic (exact) mass is 249 g/mol. The Bertz CT molecular complexity index is 516. The lowest BCUT2D eigenvalue weighted by Gasteiger charge is -2.18. The molecule has 0 aliphatic heterocycles. The zero-order valence-electron chi connectivity index (χ0n) is 11.2. The lowest BCUT2D eigenvalue weighted by Crippen LogP contribution is -2.25. The predicted molar refractivity (Wildman–Crippen MR) is 68.7 cm³/mol. The van der Waals surface area contributed by atoms with E-state index < -0.39 is 0 Å². The summed E-state index contributed by atoms with van der Waals surface area (Å²) in [6, 6.07) is 1.91. The number of nitrogens with zero attached hydrogens (tertiary/aromatic N) is 2. The van der Waals surface area contributed by atoms with E-state index in [2.05, 4.69) is 17.3 Å². The average molecular weight is 249 g/mol. The van der Waals surface area contributed by atoms with E-state index >= 15 is 0 Å². The molecule has 0 aliphatic rings. The quantitative estimate of drug-likeness (QED) is 0.881. The number of aromatic nitrogens is 2. The summed E-state index contributed by atoms with van der Waals surface area (Å²) in [7, 11) is 3.55. The standard InChI is InChI=1S/C13H19N3O2/c1-5-14-11(13-9(2)6-7-18-13)12-10(17-4)8-15-16(12)3/h6-8,11,14H,5H2,1-4H3. The fraction of sp³-hybridized carbons (Fsp3) is 0.462. The Morgan fingerprint density at radius 2 is 2.33 bits per heavy atom.